The lowest BCUT2D eigenvalue weighted by Gasteiger charge is -2.39. The van der Waals surface area contributed by atoms with E-state index in [1.807, 2.05) is 0 Å². The molecule has 0 amide bonds. The zero-order valence-corrected chi connectivity index (χ0v) is 10.3. The number of hydrogen-bond acceptors (Lipinski definition) is 3. The maximum absolute atomic E-state index is 10.2. The molecular weight excluding hydrogens is 200 g/mol. The third-order valence-electron chi connectivity index (χ3n) is 4.40. The highest BCUT2D eigenvalue weighted by atomic mass is 16.3. The molecule has 2 atom stereocenters. The Morgan fingerprint density at radius 3 is 2.38 bits per heavy atom. The van der Waals surface area contributed by atoms with Crippen molar-refractivity contribution >= 4 is 0 Å². The summed E-state index contributed by atoms with van der Waals surface area (Å²) in [5.74, 6) is 0.721. The summed E-state index contributed by atoms with van der Waals surface area (Å²) in [5, 5.41) is 10.2. The standard InChI is InChI=1S/C13H26N2O/c14-10-11-6-8-15(9-7-11)12-4-2-1-3-5-13(12)16/h11-13,16H,1-10,14H2. The van der Waals surface area contributed by atoms with Crippen LogP contribution in [0.4, 0.5) is 0 Å². The lowest BCUT2D eigenvalue weighted by Crippen LogP contribution is -2.47. The molecule has 2 fully saturated rings. The fourth-order valence-corrected chi connectivity index (χ4v) is 3.21. The Balaban J connectivity index is 1.86. The molecule has 0 radical (unpaired) electrons. The second-order valence-corrected chi connectivity index (χ2v) is 5.49. The van der Waals surface area contributed by atoms with Crippen molar-refractivity contribution in [3.05, 3.63) is 0 Å². The van der Waals surface area contributed by atoms with Crippen LogP contribution in [0, 0.1) is 5.92 Å². The van der Waals surface area contributed by atoms with E-state index in [4.69, 9.17) is 5.73 Å². The minimum atomic E-state index is -0.0862. The summed E-state index contributed by atoms with van der Waals surface area (Å²) in [7, 11) is 0. The van der Waals surface area contributed by atoms with Gasteiger partial charge in [-0.1, -0.05) is 19.3 Å². The van der Waals surface area contributed by atoms with Crippen LogP contribution in [0.1, 0.15) is 44.9 Å². The van der Waals surface area contributed by atoms with Gasteiger partial charge in [-0.05, 0) is 51.2 Å². The van der Waals surface area contributed by atoms with Gasteiger partial charge in [0.1, 0.15) is 0 Å². The van der Waals surface area contributed by atoms with Gasteiger partial charge in [-0.2, -0.15) is 0 Å². The first-order chi connectivity index (χ1) is 7.81. The van der Waals surface area contributed by atoms with Crippen molar-refractivity contribution in [3.63, 3.8) is 0 Å². The molecule has 1 aliphatic carbocycles. The summed E-state index contributed by atoms with van der Waals surface area (Å²) in [4.78, 5) is 2.52. The average molecular weight is 226 g/mol. The molecule has 0 aromatic rings. The zero-order chi connectivity index (χ0) is 11.4. The predicted octanol–water partition coefficient (Wildman–Crippen LogP) is 1.35. The second-order valence-electron chi connectivity index (χ2n) is 5.49. The molecular formula is C13H26N2O. The van der Waals surface area contributed by atoms with Crippen LogP contribution in [0.3, 0.4) is 0 Å². The molecule has 1 saturated heterocycles. The number of nitrogens with zero attached hydrogens (tertiary/aromatic N) is 1. The average Bonchev–Trinajstić information content (AvgIpc) is 2.54. The minimum Gasteiger partial charge on any atom is -0.391 e. The van der Waals surface area contributed by atoms with Crippen LogP contribution in [0.15, 0.2) is 0 Å². The molecule has 3 heteroatoms. The third kappa shape index (κ3) is 2.96. The van der Waals surface area contributed by atoms with Crippen molar-refractivity contribution in [1.82, 2.24) is 4.90 Å². The van der Waals surface area contributed by atoms with Crippen LogP contribution >= 0.6 is 0 Å². The number of rotatable bonds is 2. The highest BCUT2D eigenvalue weighted by Crippen LogP contribution is 2.26. The quantitative estimate of drug-likeness (QED) is 0.699. The number of aliphatic hydroxyl groups is 1. The smallest absolute Gasteiger partial charge is 0.0695 e. The monoisotopic (exact) mass is 226 g/mol. The van der Waals surface area contributed by atoms with Crippen LogP contribution in [0.5, 0.6) is 0 Å². The van der Waals surface area contributed by atoms with E-state index in [2.05, 4.69) is 4.90 Å². The molecule has 16 heavy (non-hydrogen) atoms. The van der Waals surface area contributed by atoms with Crippen LogP contribution in [0.2, 0.25) is 0 Å². The largest absolute Gasteiger partial charge is 0.391 e. The van der Waals surface area contributed by atoms with Gasteiger partial charge in [0, 0.05) is 6.04 Å². The molecule has 3 nitrogen and oxygen atoms in total. The van der Waals surface area contributed by atoms with Crippen molar-refractivity contribution in [1.29, 1.82) is 0 Å². The first-order valence-electron chi connectivity index (χ1n) is 6.93. The highest BCUT2D eigenvalue weighted by molar-refractivity contribution is 4.85. The summed E-state index contributed by atoms with van der Waals surface area (Å²) in [6.45, 7) is 3.12. The van der Waals surface area contributed by atoms with Crippen molar-refractivity contribution in [2.24, 2.45) is 11.7 Å². The lowest BCUT2D eigenvalue weighted by molar-refractivity contribution is 0.0259. The fraction of sp³-hybridized carbons (Fsp3) is 1.00. The molecule has 0 aromatic heterocycles. The lowest BCUT2D eigenvalue weighted by atomic mass is 9.94. The van der Waals surface area contributed by atoms with E-state index in [0.29, 0.717) is 6.04 Å². The summed E-state index contributed by atoms with van der Waals surface area (Å²) in [6.07, 6.45) is 8.34. The van der Waals surface area contributed by atoms with Crippen molar-refractivity contribution in [2.45, 2.75) is 57.1 Å². The number of piperidine rings is 1. The third-order valence-corrected chi connectivity index (χ3v) is 4.40. The number of likely N-dealkylation sites (tertiary alicyclic amines) is 1. The van der Waals surface area contributed by atoms with Gasteiger partial charge in [0.25, 0.3) is 0 Å². The Hall–Kier alpha value is -0.120. The minimum absolute atomic E-state index is 0.0862. The topological polar surface area (TPSA) is 49.5 Å². The molecule has 0 aromatic carbocycles. The summed E-state index contributed by atoms with van der Waals surface area (Å²) < 4.78 is 0. The maximum atomic E-state index is 10.2. The van der Waals surface area contributed by atoms with Crippen LogP contribution < -0.4 is 5.73 Å². The van der Waals surface area contributed by atoms with E-state index in [0.717, 1.165) is 32.0 Å². The Morgan fingerprint density at radius 2 is 1.69 bits per heavy atom. The van der Waals surface area contributed by atoms with E-state index < -0.39 is 0 Å². The first-order valence-corrected chi connectivity index (χ1v) is 6.93. The van der Waals surface area contributed by atoms with Gasteiger partial charge >= 0.3 is 0 Å². The first kappa shape index (κ1) is 12.3. The van der Waals surface area contributed by atoms with Crippen LogP contribution in [-0.4, -0.2) is 41.8 Å². The summed E-state index contributed by atoms with van der Waals surface area (Å²) in [5.41, 5.74) is 5.71. The molecule has 2 rings (SSSR count). The van der Waals surface area contributed by atoms with Gasteiger partial charge in [0.05, 0.1) is 6.10 Å². The van der Waals surface area contributed by atoms with Gasteiger partial charge in [-0.25, -0.2) is 0 Å². The molecule has 0 spiro atoms. The van der Waals surface area contributed by atoms with Gasteiger partial charge in [-0.15, -0.1) is 0 Å². The van der Waals surface area contributed by atoms with Crippen LogP contribution in [0.25, 0.3) is 0 Å². The second kappa shape index (κ2) is 5.99. The Kier molecular flexibility index (Phi) is 4.62. The number of hydrogen-bond donors (Lipinski definition) is 2. The normalized spacial score (nSPS) is 34.9. The maximum Gasteiger partial charge on any atom is 0.0695 e. The Bertz CT molecular complexity index is 202. The molecule has 1 saturated carbocycles. The molecule has 0 bridgehead atoms. The van der Waals surface area contributed by atoms with E-state index in [1.54, 1.807) is 0 Å². The molecule has 2 aliphatic rings. The predicted molar refractivity (Wildman–Crippen MR) is 66.2 cm³/mol. The molecule has 2 unspecified atom stereocenters. The van der Waals surface area contributed by atoms with Gasteiger partial charge < -0.3 is 10.8 Å². The number of aliphatic hydroxyl groups excluding tert-OH is 1. The molecule has 1 aliphatic heterocycles. The summed E-state index contributed by atoms with van der Waals surface area (Å²) >= 11 is 0. The van der Waals surface area contributed by atoms with E-state index in [-0.39, 0.29) is 6.10 Å². The van der Waals surface area contributed by atoms with Crippen molar-refractivity contribution < 1.29 is 5.11 Å². The van der Waals surface area contributed by atoms with E-state index >= 15 is 0 Å². The van der Waals surface area contributed by atoms with E-state index in [9.17, 15) is 5.11 Å². The van der Waals surface area contributed by atoms with Gasteiger partial charge in [-0.3, -0.25) is 4.90 Å². The molecule has 3 N–H and O–H groups in total. The van der Waals surface area contributed by atoms with Gasteiger partial charge in [0.15, 0.2) is 0 Å². The van der Waals surface area contributed by atoms with Crippen molar-refractivity contribution in [3.8, 4) is 0 Å². The number of nitrogens with two attached hydrogens (primary N) is 1. The highest BCUT2D eigenvalue weighted by Gasteiger charge is 2.29. The Morgan fingerprint density at radius 1 is 1.00 bits per heavy atom. The molecule has 94 valence electrons. The van der Waals surface area contributed by atoms with Crippen LogP contribution in [-0.2, 0) is 0 Å². The Labute approximate surface area is 99.0 Å². The van der Waals surface area contributed by atoms with Crippen molar-refractivity contribution in [2.75, 3.05) is 19.6 Å². The SMILES string of the molecule is NCC1CCN(C2CCCCCC2O)CC1. The zero-order valence-electron chi connectivity index (χ0n) is 10.3. The van der Waals surface area contributed by atoms with Gasteiger partial charge in [0.2, 0.25) is 0 Å². The molecule has 1 heterocycles. The van der Waals surface area contributed by atoms with E-state index in [1.165, 1.54) is 38.5 Å². The fourth-order valence-electron chi connectivity index (χ4n) is 3.21. The summed E-state index contributed by atoms with van der Waals surface area (Å²) in [6, 6.07) is 0.432.